The van der Waals surface area contributed by atoms with Gasteiger partial charge >= 0.3 is 0 Å². The number of benzene rings is 17. The smallest absolute Gasteiger partial charge is 0.0622 e. The summed E-state index contributed by atoms with van der Waals surface area (Å²) in [6, 6.07) is 26.2. The molecular weight excluding hydrogens is 937 g/mol. The predicted molar refractivity (Wildman–Crippen MR) is 337 cm³/mol. The van der Waals surface area contributed by atoms with Gasteiger partial charge in [-0.25, -0.2) is 0 Å². The number of hydrogen-bond donors (Lipinski definition) is 0. The Morgan fingerprint density at radius 1 is 0.205 bits per heavy atom. The van der Waals surface area contributed by atoms with E-state index in [0.29, 0.717) is 0 Å². The van der Waals surface area contributed by atoms with Gasteiger partial charge in [0.15, 0.2) is 0 Å². The molecule has 78 heavy (non-hydrogen) atoms. The molecule has 0 fully saturated rings. The van der Waals surface area contributed by atoms with E-state index >= 15 is 0 Å². The second-order valence-electron chi connectivity index (χ2n) is 18.9. The molecule has 0 heterocycles. The maximum atomic E-state index is 10.0. The largest absolute Gasteiger partial charge is 0.0636 e. The molecule has 17 aromatic rings. The Bertz CT molecular complexity index is 6430. The van der Waals surface area contributed by atoms with Crippen molar-refractivity contribution in [1.29, 1.82) is 0 Å². The fourth-order valence-corrected chi connectivity index (χ4v) is 11.2. The highest BCUT2D eigenvalue weighted by atomic mass is 14.2. The Balaban J connectivity index is 0.000000203. The fourth-order valence-electron chi connectivity index (χ4n) is 11.2. The van der Waals surface area contributed by atoms with Crippen LogP contribution in [0.2, 0.25) is 0 Å². The van der Waals surface area contributed by atoms with E-state index in [4.69, 9.17) is 20.6 Å². The molecule has 360 valence electrons. The Labute approximate surface area is 488 Å². The van der Waals surface area contributed by atoms with E-state index in [2.05, 4.69) is 133 Å². The second-order valence-corrected chi connectivity index (χ2v) is 18.9. The van der Waals surface area contributed by atoms with Crippen molar-refractivity contribution in [2.75, 3.05) is 0 Å². The van der Waals surface area contributed by atoms with Gasteiger partial charge in [0, 0.05) is 0 Å². The first-order valence-corrected chi connectivity index (χ1v) is 25.0. The van der Waals surface area contributed by atoms with Gasteiger partial charge in [-0.3, -0.25) is 0 Å². The lowest BCUT2D eigenvalue weighted by molar-refractivity contribution is 1.59. The fraction of sp³-hybridized carbons (Fsp3) is 0. The standard InChI is InChI=1S/C44H26.C34H22/c1-2-6-27(7-3-1)34-24-35(37-20-16-32-14-12-28-8-4-10-30-18-22-39(37)43(32)41(28)30)26-36(25-34)38-21-17-33-15-13-29-9-5-11-31-19-23-40(38)44(33)42(29)31;1-2-12-25-22-26(21-20-23(25)10-1)33-29-15-5-7-17-31(29)34(32-18-8-6-16-30(32)33)28-19-9-13-24-11-3-4-14-27(24)28/h1-26H;1-22H/i1D,2D,3D,4D,5D,6D,7D,8D,9D,10D,11D,12D,13D,14D,15D,16D,17D,18D,19D,20D,21D,22D,23D,24D,25D,26D;. The average molecular weight is 1010 g/mol. The molecule has 0 aromatic heterocycles. The molecule has 0 spiro atoms. The summed E-state index contributed by atoms with van der Waals surface area (Å²) < 4.78 is 236. The molecule has 0 amide bonds. The summed E-state index contributed by atoms with van der Waals surface area (Å²) >= 11 is 0. The topological polar surface area (TPSA) is 0 Å². The molecule has 17 aromatic carbocycles. The predicted octanol–water partition coefficient (Wildman–Crippen LogP) is 22.1. The van der Waals surface area contributed by atoms with Crippen molar-refractivity contribution in [3.63, 3.8) is 0 Å². The van der Waals surface area contributed by atoms with E-state index in [9.17, 15) is 15.1 Å². The zero-order valence-electron chi connectivity index (χ0n) is 66.7. The third-order valence-corrected chi connectivity index (χ3v) is 14.7. The SMILES string of the molecule is [2H]c1c([2H])c([2H])c(-c2c([2H])c(-c3c([2H])c([2H])c4c([2H])c([2H])c5c([2H])c([2H])c([2H])c6c([2H])c([2H])c3c4c56)c([2H])c(-c3c([2H])c([2H])c4c([2H])c([2H])c5c([2H])c([2H])c([2H])c6c([2H])c([2H])c3c4c56)c2[2H])c([2H])c1[2H].c1ccc2cc(-c3c4ccccc4c(-c4cccc5ccccc45)c4ccccc34)ccc2c1. The van der Waals surface area contributed by atoms with Crippen LogP contribution in [0.4, 0.5) is 0 Å². The monoisotopic (exact) mass is 1010 g/mol. The lowest BCUT2D eigenvalue weighted by Gasteiger charge is -2.19. The van der Waals surface area contributed by atoms with Crippen LogP contribution in [0.3, 0.4) is 0 Å². The number of fused-ring (bicyclic) bond motifs is 4. The van der Waals surface area contributed by atoms with Crippen LogP contribution in [-0.4, -0.2) is 0 Å². The lowest BCUT2D eigenvalue weighted by Crippen LogP contribution is -1.91. The summed E-state index contributed by atoms with van der Waals surface area (Å²) in [7, 11) is 0. The van der Waals surface area contributed by atoms with E-state index in [1.165, 1.54) is 65.3 Å². The van der Waals surface area contributed by atoms with Gasteiger partial charge in [-0.1, -0.05) is 266 Å². The minimum absolute atomic E-state index is 0.312. The van der Waals surface area contributed by atoms with E-state index in [-0.39, 0.29) is 21.5 Å². The number of hydrogen-bond acceptors (Lipinski definition) is 0. The molecule has 0 radical (unpaired) electrons. The highest BCUT2D eigenvalue weighted by Gasteiger charge is 2.20. The summed E-state index contributed by atoms with van der Waals surface area (Å²) in [5.74, 6) is 0. The minimum atomic E-state index is -1.06. The van der Waals surface area contributed by atoms with Crippen molar-refractivity contribution in [3.8, 4) is 55.6 Å². The summed E-state index contributed by atoms with van der Waals surface area (Å²) in [6.07, 6.45) is 0. The molecule has 0 N–H and O–H groups in total. The zero-order chi connectivity index (χ0) is 73.9. The molecule has 0 nitrogen and oxygen atoms in total. The minimum Gasteiger partial charge on any atom is -0.0622 e. The third kappa shape index (κ3) is 7.01. The molecule has 0 bridgehead atoms. The second kappa shape index (κ2) is 17.7. The summed E-state index contributed by atoms with van der Waals surface area (Å²) in [4.78, 5) is 0. The average Bonchev–Trinajstić information content (AvgIpc) is 0.685. The van der Waals surface area contributed by atoms with Crippen LogP contribution in [-0.2, 0) is 0 Å². The van der Waals surface area contributed by atoms with E-state index in [1.807, 2.05) is 0 Å². The molecule has 0 aliphatic heterocycles. The van der Waals surface area contributed by atoms with Crippen LogP contribution >= 0.6 is 0 Å². The highest BCUT2D eigenvalue weighted by molar-refractivity contribution is 6.28. The van der Waals surface area contributed by atoms with Gasteiger partial charge < -0.3 is 0 Å². The van der Waals surface area contributed by atoms with E-state index in [1.54, 1.807) is 0 Å². The van der Waals surface area contributed by atoms with Gasteiger partial charge in [0.1, 0.15) is 0 Å². The Hall–Kier alpha value is -10.1. The van der Waals surface area contributed by atoms with Gasteiger partial charge in [0.2, 0.25) is 0 Å². The van der Waals surface area contributed by atoms with Crippen molar-refractivity contribution in [2.45, 2.75) is 0 Å². The van der Waals surface area contributed by atoms with Crippen LogP contribution in [0.25, 0.3) is 163 Å². The molecule has 0 unspecified atom stereocenters. The van der Waals surface area contributed by atoms with Crippen LogP contribution in [0, 0.1) is 0 Å². The Kier molecular flexibility index (Phi) is 5.82. The summed E-state index contributed by atoms with van der Waals surface area (Å²) in [5, 5.41) is 5.04. The molecular formula is C78H48. The maximum absolute atomic E-state index is 10.0. The first-order valence-electron chi connectivity index (χ1n) is 38.0. The van der Waals surface area contributed by atoms with Gasteiger partial charge in [0.25, 0.3) is 0 Å². The third-order valence-electron chi connectivity index (χ3n) is 14.7. The molecule has 0 atom stereocenters. The van der Waals surface area contributed by atoms with Gasteiger partial charge in [-0.15, -0.1) is 0 Å². The molecule has 0 heteroatoms. The summed E-state index contributed by atoms with van der Waals surface area (Å²) in [5.41, 5.74) is 0.228. The van der Waals surface area contributed by atoms with E-state index < -0.39 is 234 Å². The van der Waals surface area contributed by atoms with Gasteiger partial charge in [-0.2, -0.15) is 0 Å². The maximum Gasteiger partial charge on any atom is 0.0636 e. The Morgan fingerprint density at radius 2 is 0.641 bits per heavy atom. The number of rotatable bonds is 5. The van der Waals surface area contributed by atoms with Crippen molar-refractivity contribution >= 4 is 108 Å². The molecule has 0 saturated carbocycles. The summed E-state index contributed by atoms with van der Waals surface area (Å²) in [6.45, 7) is 0. The van der Waals surface area contributed by atoms with E-state index in [0.717, 1.165) is 0 Å². The molecule has 0 aliphatic rings. The van der Waals surface area contributed by atoms with Crippen molar-refractivity contribution < 1.29 is 35.6 Å². The quantitative estimate of drug-likeness (QED) is 0.119. The van der Waals surface area contributed by atoms with Crippen LogP contribution in [0.15, 0.2) is 291 Å². The Morgan fingerprint density at radius 3 is 1.21 bits per heavy atom. The molecule has 0 aliphatic carbocycles. The lowest BCUT2D eigenvalue weighted by atomic mass is 9.84. The van der Waals surface area contributed by atoms with Gasteiger partial charge in [0.05, 0.1) is 35.6 Å². The van der Waals surface area contributed by atoms with Crippen molar-refractivity contribution in [2.24, 2.45) is 0 Å². The van der Waals surface area contributed by atoms with Crippen LogP contribution in [0.5, 0.6) is 0 Å². The van der Waals surface area contributed by atoms with Crippen molar-refractivity contribution in [1.82, 2.24) is 0 Å². The molecule has 0 saturated heterocycles. The first kappa shape index (κ1) is 25.6. The zero-order valence-corrected chi connectivity index (χ0v) is 40.7. The molecule has 17 rings (SSSR count). The van der Waals surface area contributed by atoms with Crippen LogP contribution in [0.1, 0.15) is 35.6 Å². The van der Waals surface area contributed by atoms with Crippen molar-refractivity contribution in [3.05, 3.63) is 291 Å². The van der Waals surface area contributed by atoms with Crippen LogP contribution < -0.4 is 0 Å². The first-order chi connectivity index (χ1) is 49.6. The normalized spacial score (nSPS) is 16.5. The highest BCUT2D eigenvalue weighted by Crippen LogP contribution is 2.47. The van der Waals surface area contributed by atoms with Gasteiger partial charge in [-0.05, 0) is 188 Å².